The summed E-state index contributed by atoms with van der Waals surface area (Å²) in [5.41, 5.74) is 6.90. The molecule has 2 atom stereocenters. The second-order valence-corrected chi connectivity index (χ2v) is 3.64. The minimum absolute atomic E-state index is 0.142. The van der Waals surface area contributed by atoms with E-state index in [0.29, 0.717) is 6.04 Å². The van der Waals surface area contributed by atoms with E-state index in [2.05, 4.69) is 27.8 Å². The molecule has 72 valence electrons. The van der Waals surface area contributed by atoms with Crippen LogP contribution in [0, 0.1) is 0 Å². The first-order chi connectivity index (χ1) is 6.84. The van der Waals surface area contributed by atoms with Gasteiger partial charge in [0.1, 0.15) is 6.29 Å². The zero-order valence-corrected chi connectivity index (χ0v) is 7.70. The van der Waals surface area contributed by atoms with Gasteiger partial charge in [-0.15, -0.1) is 0 Å². The molecule has 0 aromatic carbocycles. The summed E-state index contributed by atoms with van der Waals surface area (Å²) < 4.78 is 0. The highest BCUT2D eigenvalue weighted by atomic mass is 15.3. The molecule has 4 nitrogen and oxygen atoms in total. The van der Waals surface area contributed by atoms with E-state index in [9.17, 15) is 0 Å². The number of fused-ring (bicyclic) bond motifs is 2. The zero-order valence-electron chi connectivity index (χ0n) is 7.70. The van der Waals surface area contributed by atoms with Crippen molar-refractivity contribution < 1.29 is 0 Å². The van der Waals surface area contributed by atoms with E-state index in [4.69, 9.17) is 5.73 Å². The number of pyridine rings is 1. The molecule has 1 aliphatic heterocycles. The summed E-state index contributed by atoms with van der Waals surface area (Å²) in [7, 11) is 0. The summed E-state index contributed by atoms with van der Waals surface area (Å²) in [5, 5.41) is 8.70. The van der Waals surface area contributed by atoms with E-state index in [0.717, 1.165) is 17.5 Å². The second-order valence-electron chi connectivity index (χ2n) is 3.64. The lowest BCUT2D eigenvalue weighted by atomic mass is 10.0. The van der Waals surface area contributed by atoms with Crippen LogP contribution in [0.15, 0.2) is 18.3 Å². The number of nitrogens with two attached hydrogens (primary N) is 1. The largest absolute Gasteiger partial charge is 0.358 e. The SMILES string of the molecule is NC1NC2=c3ncccc3=CCC2N1. The summed E-state index contributed by atoms with van der Waals surface area (Å²) in [5.74, 6) is 0. The van der Waals surface area contributed by atoms with Gasteiger partial charge in [0, 0.05) is 6.20 Å². The molecule has 1 saturated heterocycles. The molecule has 1 aliphatic carbocycles. The summed E-state index contributed by atoms with van der Waals surface area (Å²) in [6.45, 7) is 0. The van der Waals surface area contributed by atoms with Crippen molar-refractivity contribution >= 4 is 11.8 Å². The lowest BCUT2D eigenvalue weighted by Gasteiger charge is -2.12. The number of nitrogens with one attached hydrogen (secondary N) is 2. The van der Waals surface area contributed by atoms with Crippen molar-refractivity contribution in [1.29, 1.82) is 0 Å². The van der Waals surface area contributed by atoms with Gasteiger partial charge in [-0.3, -0.25) is 16.0 Å². The monoisotopic (exact) mass is 188 g/mol. The van der Waals surface area contributed by atoms with Crippen molar-refractivity contribution in [3.8, 4) is 0 Å². The van der Waals surface area contributed by atoms with Gasteiger partial charge in [0.05, 0.1) is 17.1 Å². The maximum absolute atomic E-state index is 5.77. The van der Waals surface area contributed by atoms with E-state index in [1.807, 2.05) is 12.3 Å². The van der Waals surface area contributed by atoms with Gasteiger partial charge in [-0.2, -0.15) is 0 Å². The molecule has 2 aliphatic rings. The average Bonchev–Trinajstić information content (AvgIpc) is 2.59. The summed E-state index contributed by atoms with van der Waals surface area (Å²) in [6.07, 6.45) is 4.85. The van der Waals surface area contributed by atoms with Crippen molar-refractivity contribution in [2.45, 2.75) is 18.8 Å². The van der Waals surface area contributed by atoms with Crippen LogP contribution >= 0.6 is 0 Å². The lowest BCUT2D eigenvalue weighted by molar-refractivity contribution is 0.542. The van der Waals surface area contributed by atoms with Gasteiger partial charge in [0.2, 0.25) is 0 Å². The highest BCUT2D eigenvalue weighted by molar-refractivity contribution is 5.56. The Labute approximate surface area is 81.5 Å². The first kappa shape index (κ1) is 7.96. The number of hydrogen-bond acceptors (Lipinski definition) is 4. The van der Waals surface area contributed by atoms with Gasteiger partial charge >= 0.3 is 0 Å². The summed E-state index contributed by atoms with van der Waals surface area (Å²) in [4.78, 5) is 4.37. The van der Waals surface area contributed by atoms with E-state index in [1.54, 1.807) is 0 Å². The molecule has 4 heteroatoms. The van der Waals surface area contributed by atoms with Gasteiger partial charge < -0.3 is 5.32 Å². The Kier molecular flexibility index (Phi) is 1.59. The van der Waals surface area contributed by atoms with Crippen LogP contribution in [-0.4, -0.2) is 17.3 Å². The maximum Gasteiger partial charge on any atom is 0.130 e. The molecule has 0 amide bonds. The molecule has 3 rings (SSSR count). The molecule has 2 unspecified atom stereocenters. The van der Waals surface area contributed by atoms with Crippen LogP contribution < -0.4 is 26.9 Å². The number of hydrogen-bond donors (Lipinski definition) is 3. The Morgan fingerprint density at radius 1 is 1.50 bits per heavy atom. The van der Waals surface area contributed by atoms with E-state index in [-0.39, 0.29) is 6.29 Å². The summed E-state index contributed by atoms with van der Waals surface area (Å²) >= 11 is 0. The Balaban J connectivity index is 2.29. The van der Waals surface area contributed by atoms with Crippen molar-refractivity contribution in [2.24, 2.45) is 5.73 Å². The first-order valence-electron chi connectivity index (χ1n) is 4.78. The molecule has 1 aromatic rings. The first-order valence-corrected chi connectivity index (χ1v) is 4.78. The highest BCUT2D eigenvalue weighted by Crippen LogP contribution is 2.11. The zero-order chi connectivity index (χ0) is 9.54. The van der Waals surface area contributed by atoms with Crippen molar-refractivity contribution in [1.82, 2.24) is 15.6 Å². The fourth-order valence-corrected chi connectivity index (χ4v) is 2.08. The Morgan fingerprint density at radius 2 is 2.43 bits per heavy atom. The van der Waals surface area contributed by atoms with Crippen LogP contribution in [0.1, 0.15) is 6.42 Å². The van der Waals surface area contributed by atoms with E-state index < -0.39 is 0 Å². The minimum Gasteiger partial charge on any atom is -0.358 e. The second kappa shape index (κ2) is 2.80. The molecular weight excluding hydrogens is 176 g/mol. The molecule has 0 saturated carbocycles. The van der Waals surface area contributed by atoms with Crippen LogP contribution in [0.5, 0.6) is 0 Å². The number of nitrogens with zero attached hydrogens (tertiary/aromatic N) is 1. The molecular formula is C10H12N4. The van der Waals surface area contributed by atoms with Crippen LogP contribution in [0.4, 0.5) is 0 Å². The Morgan fingerprint density at radius 3 is 3.36 bits per heavy atom. The van der Waals surface area contributed by atoms with Crippen molar-refractivity contribution in [3.05, 3.63) is 28.9 Å². The summed E-state index contributed by atoms with van der Waals surface area (Å²) in [6, 6.07) is 4.35. The van der Waals surface area contributed by atoms with Gasteiger partial charge in [0.25, 0.3) is 0 Å². The van der Waals surface area contributed by atoms with E-state index >= 15 is 0 Å². The van der Waals surface area contributed by atoms with Crippen LogP contribution in [-0.2, 0) is 0 Å². The standard InChI is InChI=1S/C10H12N4/c11-10-13-7-4-3-6-2-1-5-12-8(6)9(7)14-10/h1-3,5,7,10,13-14H,4,11H2. The topological polar surface area (TPSA) is 63.0 Å². The third-order valence-corrected chi connectivity index (χ3v) is 2.71. The molecule has 1 fully saturated rings. The third-order valence-electron chi connectivity index (χ3n) is 2.71. The fourth-order valence-electron chi connectivity index (χ4n) is 2.08. The molecule has 4 N–H and O–H groups in total. The fraction of sp³-hybridized carbons (Fsp3) is 0.300. The predicted molar refractivity (Wildman–Crippen MR) is 54.0 cm³/mol. The quantitative estimate of drug-likeness (QED) is 0.448. The van der Waals surface area contributed by atoms with Gasteiger partial charge in [0.15, 0.2) is 0 Å². The third kappa shape index (κ3) is 1.05. The molecule has 0 bridgehead atoms. The maximum atomic E-state index is 5.77. The number of rotatable bonds is 0. The van der Waals surface area contributed by atoms with Gasteiger partial charge in [-0.1, -0.05) is 12.1 Å². The predicted octanol–water partition coefficient (Wildman–Crippen LogP) is -1.82. The molecule has 0 spiro atoms. The van der Waals surface area contributed by atoms with Crippen LogP contribution in [0.2, 0.25) is 0 Å². The lowest BCUT2D eigenvalue weighted by Crippen LogP contribution is -2.41. The van der Waals surface area contributed by atoms with Gasteiger partial charge in [-0.05, 0) is 17.7 Å². The highest BCUT2D eigenvalue weighted by Gasteiger charge is 2.27. The molecule has 0 radical (unpaired) electrons. The Hall–Kier alpha value is -1.39. The minimum atomic E-state index is -0.142. The normalized spacial score (nSPS) is 28.8. The average molecular weight is 188 g/mol. The Bertz CT molecular complexity index is 479. The van der Waals surface area contributed by atoms with Gasteiger partial charge in [-0.25, -0.2) is 0 Å². The molecule has 1 aromatic heterocycles. The number of aromatic nitrogens is 1. The smallest absolute Gasteiger partial charge is 0.130 e. The van der Waals surface area contributed by atoms with Crippen LogP contribution in [0.3, 0.4) is 0 Å². The van der Waals surface area contributed by atoms with Crippen molar-refractivity contribution in [2.75, 3.05) is 0 Å². The van der Waals surface area contributed by atoms with E-state index in [1.165, 1.54) is 5.22 Å². The molecule has 14 heavy (non-hydrogen) atoms. The molecule has 2 heterocycles. The van der Waals surface area contributed by atoms with Crippen molar-refractivity contribution in [3.63, 3.8) is 0 Å². The van der Waals surface area contributed by atoms with Crippen LogP contribution in [0.25, 0.3) is 11.8 Å².